The van der Waals surface area contributed by atoms with Crippen molar-refractivity contribution in [2.24, 2.45) is 0 Å². The van der Waals surface area contributed by atoms with E-state index in [1.165, 1.54) is 18.2 Å². The Morgan fingerprint density at radius 2 is 2.18 bits per heavy atom. The van der Waals surface area contributed by atoms with Crippen LogP contribution in [0, 0.1) is 10.1 Å². The van der Waals surface area contributed by atoms with E-state index in [9.17, 15) is 14.9 Å². The number of ether oxygens (including phenoxy) is 2. The highest BCUT2D eigenvalue weighted by Crippen LogP contribution is 2.22. The number of non-ortho nitro benzene ring substituents is 1. The molecule has 0 saturated heterocycles. The second-order valence-electron chi connectivity index (χ2n) is 3.29. The van der Waals surface area contributed by atoms with Crippen LogP contribution >= 0.6 is 0 Å². The number of carbonyl (C=O) groups is 1. The standard InChI is InChI=1S/C11H13NO5/c1-16-5-2-6-17-11-4-3-10(12(14)15)7-9(11)8-13/h3-4,7-8H,2,5-6H2,1H3. The minimum atomic E-state index is -0.554. The summed E-state index contributed by atoms with van der Waals surface area (Å²) < 4.78 is 10.2. The molecule has 92 valence electrons. The Balaban J connectivity index is 2.71. The van der Waals surface area contributed by atoms with Crippen LogP contribution in [0.25, 0.3) is 0 Å². The van der Waals surface area contributed by atoms with Gasteiger partial charge in [0.25, 0.3) is 5.69 Å². The number of nitro groups is 1. The number of hydrogen-bond donors (Lipinski definition) is 0. The highest BCUT2D eigenvalue weighted by atomic mass is 16.6. The summed E-state index contributed by atoms with van der Waals surface area (Å²) >= 11 is 0. The molecule has 0 N–H and O–H groups in total. The van der Waals surface area contributed by atoms with Gasteiger partial charge in [0, 0.05) is 32.3 Å². The van der Waals surface area contributed by atoms with Gasteiger partial charge in [0.2, 0.25) is 0 Å². The van der Waals surface area contributed by atoms with E-state index in [0.29, 0.717) is 31.7 Å². The monoisotopic (exact) mass is 239 g/mol. The number of rotatable bonds is 7. The van der Waals surface area contributed by atoms with Gasteiger partial charge in [0.15, 0.2) is 6.29 Å². The lowest BCUT2D eigenvalue weighted by Gasteiger charge is -2.07. The van der Waals surface area contributed by atoms with Gasteiger partial charge in [-0.15, -0.1) is 0 Å². The molecule has 0 aliphatic carbocycles. The fourth-order valence-corrected chi connectivity index (χ4v) is 1.26. The topological polar surface area (TPSA) is 78.7 Å². The first-order valence-electron chi connectivity index (χ1n) is 5.04. The molecule has 0 atom stereocenters. The third kappa shape index (κ3) is 3.84. The molecule has 1 aromatic rings. The summed E-state index contributed by atoms with van der Waals surface area (Å²) in [6.07, 6.45) is 1.23. The fraction of sp³-hybridized carbons (Fsp3) is 0.364. The van der Waals surface area contributed by atoms with Crippen molar-refractivity contribution in [2.75, 3.05) is 20.3 Å². The molecule has 1 aromatic carbocycles. The molecule has 6 heteroatoms. The van der Waals surface area contributed by atoms with Gasteiger partial charge in [0.1, 0.15) is 5.75 Å². The van der Waals surface area contributed by atoms with Gasteiger partial charge in [-0.25, -0.2) is 0 Å². The van der Waals surface area contributed by atoms with Crippen molar-refractivity contribution in [1.82, 2.24) is 0 Å². The minimum absolute atomic E-state index is 0.128. The van der Waals surface area contributed by atoms with E-state index in [1.54, 1.807) is 7.11 Å². The van der Waals surface area contributed by atoms with Crippen LogP contribution in [0.3, 0.4) is 0 Å². The van der Waals surface area contributed by atoms with E-state index in [0.717, 1.165) is 0 Å². The Labute approximate surface area is 98.3 Å². The van der Waals surface area contributed by atoms with Crippen molar-refractivity contribution >= 4 is 12.0 Å². The summed E-state index contributed by atoms with van der Waals surface area (Å²) in [7, 11) is 1.59. The van der Waals surface area contributed by atoms with Gasteiger partial charge in [-0.1, -0.05) is 0 Å². The average molecular weight is 239 g/mol. The van der Waals surface area contributed by atoms with Crippen LogP contribution in [0.15, 0.2) is 18.2 Å². The molecule has 0 aliphatic heterocycles. The quantitative estimate of drug-likeness (QED) is 0.314. The lowest BCUT2D eigenvalue weighted by Crippen LogP contribution is -2.03. The van der Waals surface area contributed by atoms with Crippen LogP contribution in [-0.4, -0.2) is 31.5 Å². The van der Waals surface area contributed by atoms with Gasteiger partial charge >= 0.3 is 0 Å². The highest BCUT2D eigenvalue weighted by molar-refractivity contribution is 5.80. The van der Waals surface area contributed by atoms with Gasteiger partial charge in [0.05, 0.1) is 17.1 Å². The molecule has 1 rings (SSSR count). The van der Waals surface area contributed by atoms with Crippen LogP contribution in [0.1, 0.15) is 16.8 Å². The van der Waals surface area contributed by atoms with Crippen molar-refractivity contribution < 1.29 is 19.2 Å². The molecule has 0 amide bonds. The second kappa shape index (κ2) is 6.59. The van der Waals surface area contributed by atoms with Crippen molar-refractivity contribution in [2.45, 2.75) is 6.42 Å². The Hall–Kier alpha value is -1.95. The maximum atomic E-state index is 10.8. The third-order valence-electron chi connectivity index (χ3n) is 2.08. The first kappa shape index (κ1) is 13.1. The first-order chi connectivity index (χ1) is 8.19. The summed E-state index contributed by atoms with van der Waals surface area (Å²) in [5.41, 5.74) is 0.0490. The molecule has 0 spiro atoms. The molecule has 0 aromatic heterocycles. The Morgan fingerprint density at radius 1 is 1.41 bits per heavy atom. The Kier molecular flexibility index (Phi) is 5.09. The van der Waals surface area contributed by atoms with Crippen molar-refractivity contribution in [1.29, 1.82) is 0 Å². The van der Waals surface area contributed by atoms with E-state index >= 15 is 0 Å². The molecule has 0 unspecified atom stereocenters. The van der Waals surface area contributed by atoms with Crippen LogP contribution in [-0.2, 0) is 4.74 Å². The average Bonchev–Trinajstić information content (AvgIpc) is 2.34. The Morgan fingerprint density at radius 3 is 2.76 bits per heavy atom. The molecule has 0 aliphatic rings. The zero-order valence-corrected chi connectivity index (χ0v) is 9.42. The summed E-state index contributed by atoms with van der Waals surface area (Å²) in [4.78, 5) is 20.7. The van der Waals surface area contributed by atoms with Gasteiger partial charge in [-0.2, -0.15) is 0 Å². The number of nitro benzene ring substituents is 1. The van der Waals surface area contributed by atoms with E-state index in [4.69, 9.17) is 9.47 Å². The van der Waals surface area contributed by atoms with E-state index in [-0.39, 0.29) is 11.3 Å². The largest absolute Gasteiger partial charge is 0.493 e. The van der Waals surface area contributed by atoms with Crippen LogP contribution < -0.4 is 4.74 Å². The van der Waals surface area contributed by atoms with Crippen LogP contribution in [0.5, 0.6) is 5.75 Å². The number of aldehydes is 1. The fourth-order valence-electron chi connectivity index (χ4n) is 1.26. The van der Waals surface area contributed by atoms with E-state index in [1.807, 2.05) is 0 Å². The lowest BCUT2D eigenvalue weighted by molar-refractivity contribution is -0.384. The van der Waals surface area contributed by atoms with Crippen LogP contribution in [0.4, 0.5) is 5.69 Å². The Bertz CT molecular complexity index is 405. The lowest BCUT2D eigenvalue weighted by atomic mass is 10.2. The molecule has 0 heterocycles. The van der Waals surface area contributed by atoms with Crippen molar-refractivity contribution in [3.63, 3.8) is 0 Å². The number of methoxy groups -OCH3 is 1. The minimum Gasteiger partial charge on any atom is -0.493 e. The van der Waals surface area contributed by atoms with E-state index in [2.05, 4.69) is 0 Å². The predicted molar refractivity (Wildman–Crippen MR) is 60.5 cm³/mol. The third-order valence-corrected chi connectivity index (χ3v) is 2.08. The maximum absolute atomic E-state index is 10.8. The molecule has 0 fully saturated rings. The normalized spacial score (nSPS) is 9.94. The summed E-state index contributed by atoms with van der Waals surface area (Å²) in [6.45, 7) is 0.954. The zero-order valence-electron chi connectivity index (χ0n) is 9.42. The highest BCUT2D eigenvalue weighted by Gasteiger charge is 2.10. The van der Waals surface area contributed by atoms with Crippen molar-refractivity contribution in [3.8, 4) is 5.75 Å². The molecular weight excluding hydrogens is 226 g/mol. The van der Waals surface area contributed by atoms with E-state index < -0.39 is 4.92 Å². The molecular formula is C11H13NO5. The molecule has 17 heavy (non-hydrogen) atoms. The number of carbonyl (C=O) groups excluding carboxylic acids is 1. The maximum Gasteiger partial charge on any atom is 0.270 e. The number of hydrogen-bond acceptors (Lipinski definition) is 5. The molecule has 0 radical (unpaired) electrons. The number of nitrogens with zero attached hydrogens (tertiary/aromatic N) is 1. The molecule has 0 saturated carbocycles. The summed E-state index contributed by atoms with van der Waals surface area (Å²) in [5.74, 6) is 0.349. The van der Waals surface area contributed by atoms with Gasteiger partial charge in [-0.05, 0) is 6.07 Å². The predicted octanol–water partition coefficient (Wildman–Crippen LogP) is 1.82. The summed E-state index contributed by atoms with van der Waals surface area (Å²) in [5, 5.41) is 10.5. The SMILES string of the molecule is COCCCOc1ccc([N+](=O)[O-])cc1C=O. The number of benzene rings is 1. The second-order valence-corrected chi connectivity index (χ2v) is 3.29. The van der Waals surface area contributed by atoms with Crippen molar-refractivity contribution in [3.05, 3.63) is 33.9 Å². The van der Waals surface area contributed by atoms with Gasteiger partial charge < -0.3 is 9.47 Å². The molecule has 0 bridgehead atoms. The van der Waals surface area contributed by atoms with Crippen LogP contribution in [0.2, 0.25) is 0 Å². The van der Waals surface area contributed by atoms with Gasteiger partial charge in [-0.3, -0.25) is 14.9 Å². The summed E-state index contributed by atoms with van der Waals surface area (Å²) in [6, 6.07) is 3.92. The molecule has 6 nitrogen and oxygen atoms in total. The smallest absolute Gasteiger partial charge is 0.270 e. The zero-order chi connectivity index (χ0) is 12.7. The first-order valence-corrected chi connectivity index (χ1v) is 5.04.